The number of nitrogens with zero attached hydrogens (tertiary/aromatic N) is 9. The summed E-state index contributed by atoms with van der Waals surface area (Å²) in [6.45, 7) is 8.00. The van der Waals surface area contributed by atoms with E-state index >= 15 is 8.78 Å². The Morgan fingerprint density at radius 1 is 1.13 bits per heavy atom. The number of anilines is 2. The van der Waals surface area contributed by atoms with E-state index in [-0.39, 0.29) is 68.2 Å². The van der Waals surface area contributed by atoms with Crippen LogP contribution in [0, 0.1) is 36.8 Å². The number of benzene rings is 1. The number of nitrogens with two attached hydrogens (primary N) is 1. The van der Waals surface area contributed by atoms with E-state index in [4.69, 9.17) is 25.4 Å². The molecule has 1 amide bonds. The molecule has 54 heavy (non-hydrogen) atoms. The number of carbonyl (C=O) groups is 1. The van der Waals surface area contributed by atoms with Gasteiger partial charge in [0.25, 0.3) is 0 Å². The van der Waals surface area contributed by atoms with Gasteiger partial charge in [0.1, 0.15) is 52.5 Å². The highest BCUT2D eigenvalue weighted by atomic mass is 32.1. The Hall–Kier alpha value is -5.01. The minimum atomic E-state index is -0.957. The number of aromatic nitrogens is 5. The van der Waals surface area contributed by atoms with Crippen molar-refractivity contribution in [1.82, 2.24) is 34.3 Å². The number of ether oxygens (including phenoxy) is 1. The number of nitriles is 1. The number of hydrogen-bond acceptors (Lipinski definition) is 11. The standard InChI is InChI=1S/C38H39F3N10O2S/c1-19-16-51(21(3)44-19)37(52)49-13-9-27(20(49)2)50-12-4-6-26-29-32(46-36(47-35(29)50)53-18-38-10-5-11-48(38)17-22(39)14-38)30(41)31(45-26)23-7-8-25(40)33-28(23)24(15-42)34(43)54-33/h7-8,16,20,22,27H,4-6,9-14,17-18,43H2,1-3H3/t20-,22-,27-,38+/m1/s1. The summed E-state index contributed by atoms with van der Waals surface area (Å²) < 4.78 is 55.1. The van der Waals surface area contributed by atoms with Gasteiger partial charge in [0.2, 0.25) is 0 Å². The number of amides is 1. The van der Waals surface area contributed by atoms with Gasteiger partial charge in [0.05, 0.1) is 44.7 Å². The highest BCUT2D eigenvalue weighted by molar-refractivity contribution is 7.23. The fourth-order valence-corrected chi connectivity index (χ4v) is 10.3. The van der Waals surface area contributed by atoms with E-state index in [1.54, 1.807) is 17.7 Å². The molecular formula is C38H39F3N10O2S. The van der Waals surface area contributed by atoms with Gasteiger partial charge in [-0.2, -0.15) is 15.2 Å². The first-order valence-corrected chi connectivity index (χ1v) is 19.2. The second-order valence-corrected chi connectivity index (χ2v) is 16.1. The Morgan fingerprint density at radius 2 is 1.96 bits per heavy atom. The number of rotatable bonds is 5. The first-order valence-electron chi connectivity index (χ1n) is 18.4. The molecule has 5 aromatic rings. The SMILES string of the molecule is Cc1cn(C(=O)N2CC[C@@H](N3CCCc4nc(-c5ccc(F)c6sc(N)c(C#N)c56)c(F)c5nc(OC[C@@]67CCCN6C[C@H](F)C7)nc3c45)[C@H]2C)c(C)n1. The minimum Gasteiger partial charge on any atom is -0.461 e. The molecule has 0 spiro atoms. The average Bonchev–Trinajstić information content (AvgIpc) is 3.93. The van der Waals surface area contributed by atoms with Crippen molar-refractivity contribution in [3.63, 3.8) is 0 Å². The molecule has 3 fully saturated rings. The van der Waals surface area contributed by atoms with Gasteiger partial charge in [0.15, 0.2) is 5.82 Å². The van der Waals surface area contributed by atoms with Crippen LogP contribution in [0.4, 0.5) is 28.8 Å². The molecule has 280 valence electrons. The number of aryl methyl sites for hydroxylation is 3. The number of thiophene rings is 1. The lowest BCUT2D eigenvalue weighted by Gasteiger charge is -2.34. The third-order valence-corrected chi connectivity index (χ3v) is 12.9. The van der Waals surface area contributed by atoms with E-state index in [9.17, 15) is 14.4 Å². The summed E-state index contributed by atoms with van der Waals surface area (Å²) in [7, 11) is 0. The van der Waals surface area contributed by atoms with Crippen LogP contribution in [0.1, 0.15) is 61.8 Å². The van der Waals surface area contributed by atoms with Gasteiger partial charge in [0, 0.05) is 43.2 Å². The van der Waals surface area contributed by atoms with Crippen LogP contribution < -0.4 is 15.4 Å². The number of hydrogen-bond donors (Lipinski definition) is 1. The Labute approximate surface area is 313 Å². The Balaban J connectivity index is 1.18. The lowest BCUT2D eigenvalue weighted by molar-refractivity contribution is 0.107. The largest absolute Gasteiger partial charge is 0.461 e. The molecule has 16 heteroatoms. The second-order valence-electron chi connectivity index (χ2n) is 15.1. The lowest BCUT2D eigenvalue weighted by Crippen LogP contribution is -2.47. The highest BCUT2D eigenvalue weighted by Crippen LogP contribution is 2.45. The smallest absolute Gasteiger partial charge is 0.329 e. The van der Waals surface area contributed by atoms with Gasteiger partial charge < -0.3 is 20.3 Å². The summed E-state index contributed by atoms with van der Waals surface area (Å²) in [6.07, 6.45) is 4.58. The van der Waals surface area contributed by atoms with Gasteiger partial charge in [-0.1, -0.05) is 0 Å². The molecule has 1 aromatic carbocycles. The van der Waals surface area contributed by atoms with Crippen molar-refractivity contribution in [2.45, 2.75) is 83.1 Å². The van der Waals surface area contributed by atoms with Crippen LogP contribution in [0.5, 0.6) is 6.01 Å². The first kappa shape index (κ1) is 34.7. The molecule has 12 nitrogen and oxygen atoms in total. The summed E-state index contributed by atoms with van der Waals surface area (Å²) in [6, 6.07) is 4.11. The molecule has 4 aliphatic rings. The van der Waals surface area contributed by atoms with Crippen LogP contribution >= 0.6 is 11.3 Å². The van der Waals surface area contributed by atoms with E-state index in [1.807, 2.05) is 18.7 Å². The normalized spacial score (nSPS) is 24.1. The lowest BCUT2D eigenvalue weighted by atomic mass is 9.95. The number of pyridine rings is 1. The van der Waals surface area contributed by atoms with E-state index < -0.39 is 23.3 Å². The molecule has 0 saturated carbocycles. The molecule has 2 N–H and O–H groups in total. The predicted molar refractivity (Wildman–Crippen MR) is 198 cm³/mol. The third kappa shape index (κ3) is 5.30. The number of imidazole rings is 1. The van der Waals surface area contributed by atoms with Crippen molar-refractivity contribution in [3.05, 3.63) is 52.7 Å². The van der Waals surface area contributed by atoms with E-state index in [1.165, 1.54) is 12.1 Å². The molecule has 0 unspecified atom stereocenters. The van der Waals surface area contributed by atoms with Crippen molar-refractivity contribution in [2.24, 2.45) is 0 Å². The summed E-state index contributed by atoms with van der Waals surface area (Å²) >= 11 is 0.935. The van der Waals surface area contributed by atoms with Gasteiger partial charge in [-0.25, -0.2) is 27.9 Å². The fraction of sp³-hybridized carbons (Fsp3) is 0.474. The molecule has 0 bridgehead atoms. The topological polar surface area (TPSA) is 142 Å². The van der Waals surface area contributed by atoms with Crippen molar-refractivity contribution in [1.29, 1.82) is 5.26 Å². The van der Waals surface area contributed by atoms with Crippen LogP contribution in [0.25, 0.3) is 32.2 Å². The van der Waals surface area contributed by atoms with Crippen molar-refractivity contribution < 1.29 is 22.7 Å². The van der Waals surface area contributed by atoms with Gasteiger partial charge in [-0.15, -0.1) is 11.3 Å². The first-order chi connectivity index (χ1) is 26.0. The zero-order chi connectivity index (χ0) is 37.6. The summed E-state index contributed by atoms with van der Waals surface area (Å²) in [5.41, 5.74) is 7.17. The molecule has 9 rings (SSSR count). The van der Waals surface area contributed by atoms with E-state index in [2.05, 4.69) is 20.9 Å². The molecule has 0 aliphatic carbocycles. The van der Waals surface area contributed by atoms with Gasteiger partial charge >= 0.3 is 12.0 Å². The van der Waals surface area contributed by atoms with Crippen molar-refractivity contribution in [3.8, 4) is 23.3 Å². The quantitative estimate of drug-likeness (QED) is 0.218. The number of nitrogen functional groups attached to an aromatic ring is 1. The number of carbonyl (C=O) groups excluding carboxylic acids is 1. The van der Waals surface area contributed by atoms with Crippen LogP contribution in [0.3, 0.4) is 0 Å². The molecule has 4 atom stereocenters. The van der Waals surface area contributed by atoms with E-state index in [0.717, 1.165) is 36.4 Å². The van der Waals surface area contributed by atoms with Crippen molar-refractivity contribution >= 4 is 49.2 Å². The molecular weight excluding hydrogens is 718 g/mol. The average molecular weight is 757 g/mol. The Kier molecular flexibility index (Phi) is 8.23. The fourth-order valence-electron chi connectivity index (χ4n) is 9.39. The Morgan fingerprint density at radius 3 is 2.74 bits per heavy atom. The molecule has 8 heterocycles. The van der Waals surface area contributed by atoms with E-state index in [0.29, 0.717) is 68.0 Å². The third-order valence-electron chi connectivity index (χ3n) is 11.9. The summed E-state index contributed by atoms with van der Waals surface area (Å²) in [5.74, 6) is -0.265. The maximum atomic E-state index is 17.3. The second kappa shape index (κ2) is 12.8. The number of fused-ring (bicyclic) bond motifs is 2. The van der Waals surface area contributed by atoms with Crippen molar-refractivity contribution in [2.75, 3.05) is 43.4 Å². The van der Waals surface area contributed by atoms with Gasteiger partial charge in [-0.3, -0.25) is 9.47 Å². The molecule has 4 aromatic heterocycles. The molecule has 0 radical (unpaired) electrons. The van der Waals surface area contributed by atoms with Crippen LogP contribution in [0.15, 0.2) is 18.3 Å². The van der Waals surface area contributed by atoms with Crippen LogP contribution in [0.2, 0.25) is 0 Å². The number of alkyl halides is 1. The molecule has 4 aliphatic heterocycles. The monoisotopic (exact) mass is 756 g/mol. The Bertz CT molecular complexity index is 2410. The van der Waals surface area contributed by atoms with Crippen LogP contribution in [-0.2, 0) is 6.42 Å². The highest BCUT2D eigenvalue weighted by Gasteiger charge is 2.49. The van der Waals surface area contributed by atoms with Crippen LogP contribution in [-0.4, -0.2) is 96.9 Å². The minimum absolute atomic E-state index is 0.0141. The summed E-state index contributed by atoms with van der Waals surface area (Å²) in [5, 5.41) is 10.8. The number of halogens is 3. The molecule has 3 saturated heterocycles. The maximum Gasteiger partial charge on any atom is 0.329 e. The predicted octanol–water partition coefficient (Wildman–Crippen LogP) is 6.29. The summed E-state index contributed by atoms with van der Waals surface area (Å²) in [4.78, 5) is 38.8. The maximum absolute atomic E-state index is 17.3. The number of likely N-dealkylation sites (tertiary alicyclic amines) is 1. The van der Waals surface area contributed by atoms with Gasteiger partial charge in [-0.05, 0) is 71.6 Å². The zero-order valence-electron chi connectivity index (χ0n) is 30.2. The zero-order valence-corrected chi connectivity index (χ0v) is 31.0.